The lowest BCUT2D eigenvalue weighted by Crippen LogP contribution is -2.10. The second kappa shape index (κ2) is 6.99. The van der Waals surface area contributed by atoms with Gasteiger partial charge in [0.2, 0.25) is 0 Å². The molecule has 1 aromatic carbocycles. The fourth-order valence-electron chi connectivity index (χ4n) is 2.63. The highest BCUT2D eigenvalue weighted by molar-refractivity contribution is 6.31. The predicted octanol–water partition coefficient (Wildman–Crippen LogP) is 4.38. The van der Waals surface area contributed by atoms with E-state index in [9.17, 15) is 9.90 Å². The molecule has 0 radical (unpaired) electrons. The second-order valence-corrected chi connectivity index (χ2v) is 5.89. The Morgan fingerprint density at radius 1 is 1.24 bits per heavy atom. The van der Waals surface area contributed by atoms with E-state index in [1.807, 2.05) is 23.6 Å². The average Bonchev–Trinajstić information content (AvgIpc) is 2.99. The Labute approximate surface area is 150 Å². The maximum absolute atomic E-state index is 12.0. The number of rotatable bonds is 4. The van der Waals surface area contributed by atoms with Crippen LogP contribution in [-0.2, 0) is 4.74 Å². The molecule has 3 rings (SSSR count). The quantitative estimate of drug-likeness (QED) is 0.704. The van der Waals surface area contributed by atoms with Gasteiger partial charge in [-0.2, -0.15) is 0 Å². The van der Waals surface area contributed by atoms with Crippen molar-refractivity contribution in [2.24, 2.45) is 0 Å². The number of halogens is 1. The lowest BCUT2D eigenvalue weighted by molar-refractivity contribution is 0.0519. The van der Waals surface area contributed by atoms with Gasteiger partial charge in [0.1, 0.15) is 11.6 Å². The van der Waals surface area contributed by atoms with Crippen LogP contribution >= 0.6 is 11.6 Å². The molecule has 1 N–H and O–H groups in total. The highest BCUT2D eigenvalue weighted by atomic mass is 35.5. The summed E-state index contributed by atoms with van der Waals surface area (Å²) in [5, 5.41) is 10.7. The molecule has 128 valence electrons. The van der Waals surface area contributed by atoms with E-state index in [1.54, 1.807) is 43.3 Å². The van der Waals surface area contributed by atoms with Crippen LogP contribution in [0.2, 0.25) is 5.02 Å². The van der Waals surface area contributed by atoms with Gasteiger partial charge in [-0.05, 0) is 56.3 Å². The minimum absolute atomic E-state index is 0.116. The normalized spacial score (nSPS) is 10.7. The monoisotopic (exact) mass is 356 g/mol. The summed E-state index contributed by atoms with van der Waals surface area (Å²) in [5.41, 5.74) is 2.45. The van der Waals surface area contributed by atoms with Crippen LogP contribution in [0.15, 0.2) is 48.5 Å². The standard InChI is InChI=1S/C19H17ClN2O3/c1-3-25-19(24)15-5-4-6-18(21-15)22-12(2)7-9-16(22)14-11-13(20)8-10-17(14)23/h4-11,23H,3H2,1-2H3. The minimum Gasteiger partial charge on any atom is -0.507 e. The highest BCUT2D eigenvalue weighted by Crippen LogP contribution is 2.34. The number of phenolic OH excluding ortho intramolecular Hbond substituents is 1. The molecule has 0 fully saturated rings. The largest absolute Gasteiger partial charge is 0.507 e. The zero-order valence-corrected chi connectivity index (χ0v) is 14.6. The van der Waals surface area contributed by atoms with Gasteiger partial charge >= 0.3 is 5.97 Å². The number of aromatic hydroxyl groups is 1. The molecule has 0 saturated heterocycles. The van der Waals surface area contributed by atoms with Gasteiger partial charge in [0.25, 0.3) is 0 Å². The van der Waals surface area contributed by atoms with Gasteiger partial charge in [0, 0.05) is 16.3 Å². The maximum atomic E-state index is 12.0. The lowest BCUT2D eigenvalue weighted by Gasteiger charge is -2.13. The first kappa shape index (κ1) is 17.0. The molecule has 0 atom stereocenters. The number of phenols is 1. The van der Waals surface area contributed by atoms with Gasteiger partial charge in [-0.3, -0.25) is 4.57 Å². The topological polar surface area (TPSA) is 64.3 Å². The molecule has 0 aliphatic heterocycles. The molecule has 2 aromatic heterocycles. The zero-order chi connectivity index (χ0) is 18.0. The van der Waals surface area contributed by atoms with Crippen LogP contribution in [0, 0.1) is 6.92 Å². The van der Waals surface area contributed by atoms with Crippen LogP contribution in [0.25, 0.3) is 17.1 Å². The summed E-state index contributed by atoms with van der Waals surface area (Å²) in [6.07, 6.45) is 0. The first-order valence-corrected chi connectivity index (χ1v) is 8.21. The number of nitrogens with zero attached hydrogens (tertiary/aromatic N) is 2. The molecule has 6 heteroatoms. The number of carbonyl (C=O) groups is 1. The molecule has 5 nitrogen and oxygen atoms in total. The Kier molecular flexibility index (Phi) is 4.76. The third kappa shape index (κ3) is 3.37. The molecule has 0 aliphatic rings. The second-order valence-electron chi connectivity index (χ2n) is 5.46. The van der Waals surface area contributed by atoms with E-state index in [2.05, 4.69) is 4.98 Å². The van der Waals surface area contributed by atoms with Crippen LogP contribution in [0.1, 0.15) is 23.1 Å². The van der Waals surface area contributed by atoms with Gasteiger partial charge in [0.15, 0.2) is 5.69 Å². The van der Waals surface area contributed by atoms with Crippen LogP contribution in [0.3, 0.4) is 0 Å². The van der Waals surface area contributed by atoms with E-state index in [4.69, 9.17) is 16.3 Å². The lowest BCUT2D eigenvalue weighted by atomic mass is 10.1. The summed E-state index contributed by atoms with van der Waals surface area (Å²) >= 11 is 6.08. The average molecular weight is 357 g/mol. The van der Waals surface area contributed by atoms with Gasteiger partial charge in [-0.15, -0.1) is 0 Å². The molecule has 0 aliphatic carbocycles. The van der Waals surface area contributed by atoms with Crippen molar-refractivity contribution in [1.82, 2.24) is 9.55 Å². The molecule has 0 spiro atoms. The molecular formula is C19H17ClN2O3. The Balaban J connectivity index is 2.13. The van der Waals surface area contributed by atoms with Crippen molar-refractivity contribution >= 4 is 17.6 Å². The number of pyridine rings is 1. The summed E-state index contributed by atoms with van der Waals surface area (Å²) < 4.78 is 6.87. The van der Waals surface area contributed by atoms with Crippen molar-refractivity contribution < 1.29 is 14.6 Å². The van der Waals surface area contributed by atoms with Crippen LogP contribution in [0.5, 0.6) is 5.75 Å². The van der Waals surface area contributed by atoms with E-state index in [0.717, 1.165) is 11.4 Å². The fraction of sp³-hybridized carbons (Fsp3) is 0.158. The fourth-order valence-corrected chi connectivity index (χ4v) is 2.80. The van der Waals surface area contributed by atoms with E-state index in [-0.39, 0.29) is 18.1 Å². The van der Waals surface area contributed by atoms with Gasteiger partial charge in [-0.1, -0.05) is 17.7 Å². The summed E-state index contributed by atoms with van der Waals surface area (Å²) in [5.74, 6) is 0.203. The highest BCUT2D eigenvalue weighted by Gasteiger charge is 2.16. The van der Waals surface area contributed by atoms with Crippen molar-refractivity contribution in [1.29, 1.82) is 0 Å². The smallest absolute Gasteiger partial charge is 0.356 e. The molecule has 25 heavy (non-hydrogen) atoms. The maximum Gasteiger partial charge on any atom is 0.356 e. The predicted molar refractivity (Wildman–Crippen MR) is 96.4 cm³/mol. The number of aryl methyl sites for hydroxylation is 1. The van der Waals surface area contributed by atoms with Crippen LogP contribution in [0.4, 0.5) is 0 Å². The summed E-state index contributed by atoms with van der Waals surface area (Å²) in [7, 11) is 0. The number of carbonyl (C=O) groups excluding carboxylic acids is 1. The number of ether oxygens (including phenoxy) is 1. The van der Waals surface area contributed by atoms with E-state index in [1.165, 1.54) is 0 Å². The van der Waals surface area contributed by atoms with Gasteiger partial charge in [-0.25, -0.2) is 9.78 Å². The molecular weight excluding hydrogens is 340 g/mol. The number of benzene rings is 1. The number of hydrogen-bond donors (Lipinski definition) is 1. The Hall–Kier alpha value is -2.79. The van der Waals surface area contributed by atoms with Crippen molar-refractivity contribution in [2.75, 3.05) is 6.61 Å². The first-order chi connectivity index (χ1) is 12.0. The SMILES string of the molecule is CCOC(=O)c1cccc(-n2c(C)ccc2-c2cc(Cl)ccc2O)n1. The summed E-state index contributed by atoms with van der Waals surface area (Å²) in [6.45, 7) is 3.95. The molecule has 0 unspecified atom stereocenters. The Bertz CT molecular complexity index is 934. The van der Waals surface area contributed by atoms with Crippen molar-refractivity contribution in [3.63, 3.8) is 0 Å². The van der Waals surface area contributed by atoms with Gasteiger partial charge < -0.3 is 9.84 Å². The number of hydrogen-bond acceptors (Lipinski definition) is 4. The number of esters is 1. The molecule has 0 saturated carbocycles. The van der Waals surface area contributed by atoms with Crippen LogP contribution < -0.4 is 0 Å². The third-order valence-electron chi connectivity index (χ3n) is 3.76. The Morgan fingerprint density at radius 2 is 2.04 bits per heavy atom. The molecule has 3 aromatic rings. The van der Waals surface area contributed by atoms with E-state index >= 15 is 0 Å². The first-order valence-electron chi connectivity index (χ1n) is 7.83. The summed E-state index contributed by atoms with van der Waals surface area (Å²) in [4.78, 5) is 16.4. The molecule has 2 heterocycles. The van der Waals surface area contributed by atoms with Crippen molar-refractivity contribution in [3.8, 4) is 22.8 Å². The van der Waals surface area contributed by atoms with Crippen molar-refractivity contribution in [2.45, 2.75) is 13.8 Å². The molecule has 0 amide bonds. The van der Waals surface area contributed by atoms with Gasteiger partial charge in [0.05, 0.1) is 12.3 Å². The van der Waals surface area contributed by atoms with E-state index in [0.29, 0.717) is 16.4 Å². The third-order valence-corrected chi connectivity index (χ3v) is 3.99. The minimum atomic E-state index is -0.471. The van der Waals surface area contributed by atoms with Crippen molar-refractivity contribution in [3.05, 3.63) is 64.9 Å². The Morgan fingerprint density at radius 3 is 2.80 bits per heavy atom. The van der Waals surface area contributed by atoms with Crippen LogP contribution in [-0.4, -0.2) is 27.2 Å². The summed E-state index contributed by atoms with van der Waals surface area (Å²) in [6, 6.07) is 13.8. The van der Waals surface area contributed by atoms with E-state index < -0.39 is 5.97 Å². The number of aromatic nitrogens is 2. The molecule has 0 bridgehead atoms. The zero-order valence-electron chi connectivity index (χ0n) is 13.9.